The van der Waals surface area contributed by atoms with Crippen LogP contribution in [0.4, 0.5) is 0 Å². The molecule has 1 rings (SSSR count). The van der Waals surface area contributed by atoms with Gasteiger partial charge in [0.05, 0.1) is 0 Å². The molecule has 13 heavy (non-hydrogen) atoms. The fraction of sp³-hybridized carbons (Fsp3) is 0.417. The van der Waals surface area contributed by atoms with E-state index < -0.39 is 0 Å². The van der Waals surface area contributed by atoms with E-state index in [1.165, 1.54) is 16.7 Å². The van der Waals surface area contributed by atoms with Gasteiger partial charge >= 0.3 is 21.7 Å². The van der Waals surface area contributed by atoms with Gasteiger partial charge in [0.25, 0.3) is 0 Å². The van der Waals surface area contributed by atoms with Crippen LogP contribution in [0.3, 0.4) is 0 Å². The summed E-state index contributed by atoms with van der Waals surface area (Å²) in [5, 5.41) is 0. The minimum Gasteiger partial charge on any atom is -0.358 e. The minimum absolute atomic E-state index is 0. The molecule has 0 amide bonds. The van der Waals surface area contributed by atoms with Crippen LogP contribution < -0.4 is 0 Å². The summed E-state index contributed by atoms with van der Waals surface area (Å²) >= 11 is 0. The molecule has 0 fully saturated rings. The summed E-state index contributed by atoms with van der Waals surface area (Å²) in [6.45, 7) is 8.67. The maximum absolute atomic E-state index is 3.36. The van der Waals surface area contributed by atoms with Crippen LogP contribution >= 0.6 is 0 Å². The van der Waals surface area contributed by atoms with Crippen molar-refractivity contribution in [1.82, 2.24) is 0 Å². The van der Waals surface area contributed by atoms with Crippen LogP contribution in [0.1, 0.15) is 27.7 Å². The Labute approximate surface area is 100 Å². The van der Waals surface area contributed by atoms with E-state index in [2.05, 4.69) is 33.8 Å². The molecule has 0 N–H and O–H groups in total. The summed E-state index contributed by atoms with van der Waals surface area (Å²) < 4.78 is 0. The van der Waals surface area contributed by atoms with Crippen molar-refractivity contribution in [2.45, 2.75) is 27.7 Å². The van der Waals surface area contributed by atoms with Gasteiger partial charge in [-0.2, -0.15) is 11.1 Å². The SMILES string of the molecule is CC1=[C-]C(C)C(C)=C1C.[CH3-].[CH3-].[CH3-].[Ti+4]. The van der Waals surface area contributed by atoms with E-state index in [1.54, 1.807) is 0 Å². The smallest absolute Gasteiger partial charge is 0.358 e. The minimum atomic E-state index is 0. The van der Waals surface area contributed by atoms with Gasteiger partial charge in [-0.15, -0.1) is 6.92 Å². The molecule has 1 aliphatic rings. The molecule has 0 aliphatic heterocycles. The third kappa shape index (κ3) is 4.83. The Morgan fingerprint density at radius 3 is 1.46 bits per heavy atom. The van der Waals surface area contributed by atoms with Crippen molar-refractivity contribution in [1.29, 1.82) is 0 Å². The topological polar surface area (TPSA) is 0 Å². The molecular weight excluding hydrogens is 192 g/mol. The molecule has 0 heterocycles. The molecule has 0 bridgehead atoms. The molecule has 74 valence electrons. The fourth-order valence-electron chi connectivity index (χ4n) is 1.16. The number of hydrogen-bond donors (Lipinski definition) is 0. The van der Waals surface area contributed by atoms with Crippen molar-refractivity contribution in [2.24, 2.45) is 5.92 Å². The van der Waals surface area contributed by atoms with E-state index in [-0.39, 0.29) is 44.0 Å². The van der Waals surface area contributed by atoms with Crippen LogP contribution in [0, 0.1) is 34.3 Å². The summed E-state index contributed by atoms with van der Waals surface area (Å²) in [4.78, 5) is 0. The Balaban J connectivity index is -0.000000101. The summed E-state index contributed by atoms with van der Waals surface area (Å²) in [5.74, 6) is 0.560. The number of rotatable bonds is 0. The Kier molecular flexibility index (Phi) is 15.7. The maximum atomic E-state index is 3.36. The third-order valence-corrected chi connectivity index (χ3v) is 2.24. The first-order valence-electron chi connectivity index (χ1n) is 3.40. The largest absolute Gasteiger partial charge is 4.00 e. The second kappa shape index (κ2) is 8.78. The number of hydrogen-bond acceptors (Lipinski definition) is 0. The summed E-state index contributed by atoms with van der Waals surface area (Å²) in [6.07, 6.45) is 3.36. The number of allylic oxidation sites excluding steroid dienone is 4. The van der Waals surface area contributed by atoms with Gasteiger partial charge in [0.15, 0.2) is 0 Å². The van der Waals surface area contributed by atoms with E-state index >= 15 is 0 Å². The van der Waals surface area contributed by atoms with Crippen LogP contribution in [0.2, 0.25) is 0 Å². The van der Waals surface area contributed by atoms with Gasteiger partial charge < -0.3 is 22.3 Å². The van der Waals surface area contributed by atoms with Crippen molar-refractivity contribution in [3.63, 3.8) is 0 Å². The predicted molar refractivity (Wildman–Crippen MR) is 59.2 cm³/mol. The second-order valence-corrected chi connectivity index (χ2v) is 2.80. The van der Waals surface area contributed by atoms with Crippen molar-refractivity contribution in [3.05, 3.63) is 45.1 Å². The van der Waals surface area contributed by atoms with Crippen molar-refractivity contribution in [2.75, 3.05) is 0 Å². The Morgan fingerprint density at radius 1 is 1.00 bits per heavy atom. The zero-order valence-corrected chi connectivity index (χ0v) is 11.6. The molecule has 0 nitrogen and oxygen atoms in total. The normalized spacial score (nSPS) is 18.8. The molecule has 0 saturated heterocycles. The quantitative estimate of drug-likeness (QED) is 0.421. The second-order valence-electron chi connectivity index (χ2n) is 2.80. The zero-order chi connectivity index (χ0) is 7.02. The average molecular weight is 214 g/mol. The van der Waals surface area contributed by atoms with Gasteiger partial charge in [-0.05, 0) is 0 Å². The van der Waals surface area contributed by atoms with Gasteiger partial charge in [0.2, 0.25) is 0 Å². The Hall–Kier alpha value is 0.194. The van der Waals surface area contributed by atoms with Crippen LogP contribution in [0.25, 0.3) is 0 Å². The maximum Gasteiger partial charge on any atom is 4.00 e. The first kappa shape index (κ1) is 23.2. The summed E-state index contributed by atoms with van der Waals surface area (Å²) in [5.41, 5.74) is 4.25. The van der Waals surface area contributed by atoms with E-state index in [1.807, 2.05) is 0 Å². The van der Waals surface area contributed by atoms with Crippen molar-refractivity contribution < 1.29 is 21.7 Å². The van der Waals surface area contributed by atoms with E-state index in [0.29, 0.717) is 5.92 Å². The molecule has 1 heteroatoms. The average Bonchev–Trinajstić information content (AvgIpc) is 1.98. The fourth-order valence-corrected chi connectivity index (χ4v) is 1.16. The van der Waals surface area contributed by atoms with Gasteiger partial charge in [-0.1, -0.05) is 26.7 Å². The summed E-state index contributed by atoms with van der Waals surface area (Å²) in [7, 11) is 0. The molecule has 1 aliphatic carbocycles. The van der Waals surface area contributed by atoms with E-state index in [0.717, 1.165) is 0 Å². The van der Waals surface area contributed by atoms with Crippen molar-refractivity contribution >= 4 is 0 Å². The zero-order valence-electron chi connectivity index (χ0n) is 10.1. The van der Waals surface area contributed by atoms with Gasteiger partial charge in [-0.3, -0.25) is 6.08 Å². The molecule has 1 unspecified atom stereocenters. The van der Waals surface area contributed by atoms with Crippen molar-refractivity contribution in [3.8, 4) is 0 Å². The standard InChI is InChI=1S/C9H13.3CH3.Ti/c1-6-5-7(2)9(4)8(6)3;;;;/h6H,1-4H3;3*1H3;/q4*-1;+4. The van der Waals surface area contributed by atoms with E-state index in [4.69, 9.17) is 0 Å². The summed E-state index contributed by atoms with van der Waals surface area (Å²) in [6, 6.07) is 0. The molecular formula is C12H22Ti. The molecule has 0 radical (unpaired) electrons. The molecule has 0 aromatic heterocycles. The van der Waals surface area contributed by atoms with Gasteiger partial charge in [0.1, 0.15) is 0 Å². The van der Waals surface area contributed by atoms with Crippen LogP contribution in [-0.2, 0) is 21.7 Å². The molecule has 0 spiro atoms. The molecule has 0 aromatic carbocycles. The van der Waals surface area contributed by atoms with Crippen LogP contribution in [0.5, 0.6) is 0 Å². The first-order valence-corrected chi connectivity index (χ1v) is 3.40. The first-order chi connectivity index (χ1) is 4.13. The Bertz CT molecular complexity index is 187. The van der Waals surface area contributed by atoms with E-state index in [9.17, 15) is 0 Å². The Morgan fingerprint density at radius 2 is 1.38 bits per heavy atom. The third-order valence-electron chi connectivity index (χ3n) is 2.24. The molecule has 1 atom stereocenters. The monoisotopic (exact) mass is 214 g/mol. The van der Waals surface area contributed by atoms with Gasteiger partial charge in [-0.25, -0.2) is 5.57 Å². The molecule has 0 aromatic rings. The van der Waals surface area contributed by atoms with Crippen LogP contribution in [-0.4, -0.2) is 0 Å². The predicted octanol–water partition coefficient (Wildman–Crippen LogP) is 4.07. The van der Waals surface area contributed by atoms with Crippen LogP contribution in [0.15, 0.2) is 16.7 Å². The van der Waals surface area contributed by atoms with Gasteiger partial charge in [0, 0.05) is 0 Å². The molecule has 0 saturated carbocycles.